The number of ether oxygens (including phenoxy) is 1. The Hall–Kier alpha value is -3.26. The summed E-state index contributed by atoms with van der Waals surface area (Å²) in [6, 6.07) is -6.40. The summed E-state index contributed by atoms with van der Waals surface area (Å²) < 4.78 is 5.90. The number of nitrogens with one attached hydrogen (secondary N) is 4. The van der Waals surface area contributed by atoms with Crippen molar-refractivity contribution in [2.24, 2.45) is 17.8 Å². The van der Waals surface area contributed by atoms with Gasteiger partial charge in [0.15, 0.2) is 0 Å². The molecule has 1 saturated heterocycles. The number of aliphatic hydroxyl groups is 2. The van der Waals surface area contributed by atoms with Crippen LogP contribution in [0.2, 0.25) is 0 Å². The lowest BCUT2D eigenvalue weighted by molar-refractivity contribution is -0.160. The largest absolute Gasteiger partial charge is 0.460 e. The van der Waals surface area contributed by atoms with Gasteiger partial charge in [-0.3, -0.25) is 24.0 Å². The number of likely N-dealkylation sites (N-methyl/N-ethyl adjacent to an activating group) is 1. The Bertz CT molecular complexity index is 1130. The first kappa shape index (κ1) is 45.8. The number of esters is 1. The summed E-state index contributed by atoms with van der Waals surface area (Å²) in [5, 5.41) is 30.5. The third-order valence-corrected chi connectivity index (χ3v) is 9.75. The summed E-state index contributed by atoms with van der Waals surface area (Å²) in [6.07, 6.45) is 7.22. The summed E-state index contributed by atoms with van der Waals surface area (Å²) in [6.45, 7) is 13.0. The van der Waals surface area contributed by atoms with E-state index in [9.17, 15) is 39.0 Å². The third-order valence-electron chi connectivity index (χ3n) is 9.75. The maximum Gasteiger partial charge on any atom is 0.328 e. The number of hydrogen-bond acceptors (Lipinski definition) is 9. The predicted molar refractivity (Wildman–Crippen MR) is 194 cm³/mol. The highest BCUT2D eigenvalue weighted by atomic mass is 16.5. The second-order valence-electron chi connectivity index (χ2n) is 14.7. The van der Waals surface area contributed by atoms with Crippen LogP contribution in [0, 0.1) is 17.8 Å². The molecular weight excluding hydrogens is 658 g/mol. The summed E-state index contributed by atoms with van der Waals surface area (Å²) in [4.78, 5) is 82.7. The SMILES string of the molecule is CCCCCCCCCC[C@H]1OC(=O)[C@@H](C)NC(=O)[C@H]([C@H](C)O)NC(=O)[C@H](CO)NC(=O)[C@H]([C@@H](C)CC)NC(=O)[C@H](CC(C)C)N(C)C(=O)[C@@H]1C. The highest BCUT2D eigenvalue weighted by Crippen LogP contribution is 2.23. The molecule has 0 spiro atoms. The molecule has 294 valence electrons. The van der Waals surface area contributed by atoms with Gasteiger partial charge in [-0.25, -0.2) is 4.79 Å². The van der Waals surface area contributed by atoms with Gasteiger partial charge in [-0.15, -0.1) is 0 Å². The standard InChI is InChI=1S/C37H67N5O9/c1-10-12-13-14-15-16-17-18-19-29-24(6)36(49)42(9)28(20-22(3)4)33(46)40-30(23(5)11-2)34(47)39-27(21-43)32(45)41-31(26(8)44)35(48)38-25(7)37(50)51-29/h22-31,43-44H,10-21H2,1-9H3,(H,38,48)(H,39,47)(H,40,46)(H,41,45)/t23-,24+,25+,26-,27-,28-,29+,30-,31-/m0/s1. The highest BCUT2D eigenvalue weighted by molar-refractivity contribution is 5.96. The van der Waals surface area contributed by atoms with Gasteiger partial charge >= 0.3 is 5.97 Å². The zero-order chi connectivity index (χ0) is 38.8. The first-order valence-electron chi connectivity index (χ1n) is 19.0. The molecule has 0 unspecified atom stereocenters. The second-order valence-corrected chi connectivity index (χ2v) is 14.7. The lowest BCUT2D eigenvalue weighted by Gasteiger charge is -2.34. The molecule has 0 aliphatic carbocycles. The quantitative estimate of drug-likeness (QED) is 0.108. The van der Waals surface area contributed by atoms with E-state index >= 15 is 0 Å². The van der Waals surface area contributed by atoms with Gasteiger partial charge in [0, 0.05) is 7.05 Å². The Morgan fingerprint density at radius 1 is 0.745 bits per heavy atom. The van der Waals surface area contributed by atoms with Crippen molar-refractivity contribution in [2.45, 2.75) is 168 Å². The van der Waals surface area contributed by atoms with Gasteiger partial charge in [0.2, 0.25) is 29.5 Å². The lowest BCUT2D eigenvalue weighted by Crippen LogP contribution is -2.62. The van der Waals surface area contributed by atoms with Crippen molar-refractivity contribution in [3.63, 3.8) is 0 Å². The maximum atomic E-state index is 14.1. The zero-order valence-corrected chi connectivity index (χ0v) is 32.5. The van der Waals surface area contributed by atoms with Crippen LogP contribution in [0.5, 0.6) is 0 Å². The molecule has 5 amide bonds. The molecule has 1 heterocycles. The van der Waals surface area contributed by atoms with E-state index in [-0.39, 0.29) is 12.3 Å². The van der Waals surface area contributed by atoms with Crippen LogP contribution in [-0.2, 0) is 33.5 Å². The predicted octanol–water partition coefficient (Wildman–Crippen LogP) is 2.33. The summed E-state index contributed by atoms with van der Waals surface area (Å²) in [5.74, 6) is -5.66. The van der Waals surface area contributed by atoms with Crippen LogP contribution in [0.3, 0.4) is 0 Å². The molecule has 51 heavy (non-hydrogen) atoms. The highest BCUT2D eigenvalue weighted by Gasteiger charge is 2.39. The van der Waals surface area contributed by atoms with Crippen LogP contribution in [-0.4, -0.2) is 107 Å². The maximum absolute atomic E-state index is 14.1. The number of nitrogens with zero attached hydrogens (tertiary/aromatic N) is 1. The number of amides is 5. The molecule has 0 aromatic carbocycles. The Balaban J connectivity index is 3.58. The van der Waals surface area contributed by atoms with Crippen LogP contribution in [0.25, 0.3) is 0 Å². The fraction of sp³-hybridized carbons (Fsp3) is 0.838. The van der Waals surface area contributed by atoms with Crippen molar-refractivity contribution >= 4 is 35.5 Å². The van der Waals surface area contributed by atoms with Crippen LogP contribution in [0.1, 0.15) is 126 Å². The molecule has 14 heteroatoms. The first-order chi connectivity index (χ1) is 24.0. The minimum Gasteiger partial charge on any atom is -0.460 e. The van der Waals surface area contributed by atoms with Crippen molar-refractivity contribution in [2.75, 3.05) is 13.7 Å². The van der Waals surface area contributed by atoms with Crippen LogP contribution < -0.4 is 21.3 Å². The Labute approximate surface area is 305 Å². The number of rotatable bonds is 15. The van der Waals surface area contributed by atoms with Gasteiger partial charge in [-0.05, 0) is 44.9 Å². The van der Waals surface area contributed by atoms with E-state index in [1.54, 1.807) is 13.8 Å². The second kappa shape index (κ2) is 23.3. The minimum atomic E-state index is -1.55. The van der Waals surface area contributed by atoms with Gasteiger partial charge in [-0.2, -0.15) is 0 Å². The van der Waals surface area contributed by atoms with Gasteiger partial charge in [0.25, 0.3) is 0 Å². The fourth-order valence-electron chi connectivity index (χ4n) is 6.09. The van der Waals surface area contributed by atoms with Gasteiger partial charge < -0.3 is 41.1 Å². The minimum absolute atomic E-state index is 0.0106. The van der Waals surface area contributed by atoms with Crippen LogP contribution in [0.15, 0.2) is 0 Å². The van der Waals surface area contributed by atoms with Crippen molar-refractivity contribution in [1.29, 1.82) is 0 Å². The molecule has 1 aliphatic rings. The van der Waals surface area contributed by atoms with E-state index in [2.05, 4.69) is 28.2 Å². The normalized spacial score (nSPS) is 27.7. The van der Waals surface area contributed by atoms with Crippen molar-refractivity contribution in [3.05, 3.63) is 0 Å². The van der Waals surface area contributed by atoms with E-state index in [1.165, 1.54) is 38.6 Å². The van der Waals surface area contributed by atoms with E-state index in [0.29, 0.717) is 19.3 Å². The molecule has 1 aliphatic heterocycles. The molecule has 0 saturated carbocycles. The van der Waals surface area contributed by atoms with E-state index in [1.807, 2.05) is 20.8 Å². The Kier molecular flexibility index (Phi) is 20.9. The molecule has 1 fully saturated rings. The molecule has 1 rings (SSSR count). The molecule has 14 nitrogen and oxygen atoms in total. The number of carbonyl (C=O) groups excluding carboxylic acids is 6. The monoisotopic (exact) mass is 725 g/mol. The molecule has 6 N–H and O–H groups in total. The number of carbonyl (C=O) groups is 6. The van der Waals surface area contributed by atoms with Crippen molar-refractivity contribution in [3.8, 4) is 0 Å². The van der Waals surface area contributed by atoms with Crippen LogP contribution >= 0.6 is 0 Å². The fourth-order valence-corrected chi connectivity index (χ4v) is 6.09. The average Bonchev–Trinajstić information content (AvgIpc) is 3.08. The zero-order valence-electron chi connectivity index (χ0n) is 32.5. The van der Waals surface area contributed by atoms with Gasteiger partial charge in [0.1, 0.15) is 36.3 Å². The Morgan fingerprint density at radius 3 is 1.82 bits per heavy atom. The van der Waals surface area contributed by atoms with E-state index in [0.717, 1.165) is 32.1 Å². The summed E-state index contributed by atoms with van der Waals surface area (Å²) >= 11 is 0. The third kappa shape index (κ3) is 15.1. The lowest BCUT2D eigenvalue weighted by atomic mass is 9.94. The molecule has 0 bridgehead atoms. The van der Waals surface area contributed by atoms with Crippen molar-refractivity contribution < 1.29 is 43.7 Å². The Morgan fingerprint density at radius 2 is 1.29 bits per heavy atom. The number of unbranched alkanes of at least 4 members (excludes halogenated alkanes) is 7. The smallest absolute Gasteiger partial charge is 0.328 e. The van der Waals surface area contributed by atoms with Gasteiger partial charge in [0.05, 0.1) is 18.6 Å². The summed E-state index contributed by atoms with van der Waals surface area (Å²) in [7, 11) is 1.52. The first-order valence-corrected chi connectivity index (χ1v) is 19.0. The summed E-state index contributed by atoms with van der Waals surface area (Å²) in [5.41, 5.74) is 0. The van der Waals surface area contributed by atoms with Gasteiger partial charge in [-0.1, -0.05) is 92.9 Å². The van der Waals surface area contributed by atoms with Crippen molar-refractivity contribution in [1.82, 2.24) is 26.2 Å². The van der Waals surface area contributed by atoms with E-state index < -0.39 is 96.4 Å². The van der Waals surface area contributed by atoms with Crippen LogP contribution in [0.4, 0.5) is 0 Å². The number of hydrogen-bond donors (Lipinski definition) is 6. The number of aliphatic hydroxyl groups excluding tert-OH is 2. The number of cyclic esters (lactones) is 1. The molecule has 0 aromatic heterocycles. The topological polar surface area (TPSA) is 203 Å². The molecule has 0 aromatic rings. The average molecular weight is 726 g/mol. The molecule has 9 atom stereocenters. The van der Waals surface area contributed by atoms with E-state index in [4.69, 9.17) is 4.74 Å². The molecular formula is C37H67N5O9. The molecule has 0 radical (unpaired) electrons.